The zero-order valence-corrected chi connectivity index (χ0v) is 16.5. The molecule has 1 aromatic rings. The smallest absolute Gasteiger partial charge is 0.338 e. The Morgan fingerprint density at radius 3 is 2.59 bits per heavy atom. The summed E-state index contributed by atoms with van der Waals surface area (Å²) in [4.78, 5) is 24.8. The minimum absolute atomic E-state index is 0.345. The largest absolute Gasteiger partial charge is 0.493 e. The summed E-state index contributed by atoms with van der Waals surface area (Å²) in [7, 11) is 0. The summed E-state index contributed by atoms with van der Waals surface area (Å²) in [6.45, 7) is 6.83. The number of nitrogens with one attached hydrogen (secondary N) is 2. The number of benzene rings is 1. The number of esters is 1. The van der Waals surface area contributed by atoms with Crippen LogP contribution in [0.15, 0.2) is 35.5 Å². The number of para-hydroxylation sites is 1. The van der Waals surface area contributed by atoms with Crippen molar-refractivity contribution in [1.82, 2.24) is 10.6 Å². The second-order valence-electron chi connectivity index (χ2n) is 6.65. The molecule has 6 nitrogen and oxygen atoms in total. The summed E-state index contributed by atoms with van der Waals surface area (Å²) in [5.41, 5.74) is 1.67. The number of hydrogen-bond acceptors (Lipinski definition) is 4. The summed E-state index contributed by atoms with van der Waals surface area (Å²) < 4.78 is 11.3. The fourth-order valence-corrected chi connectivity index (χ4v) is 3.03. The van der Waals surface area contributed by atoms with Crippen molar-refractivity contribution in [2.75, 3.05) is 13.2 Å². The normalized spacial score (nSPS) is 16.6. The molecule has 0 saturated carbocycles. The monoisotopic (exact) mass is 374 g/mol. The van der Waals surface area contributed by atoms with Gasteiger partial charge in [0.05, 0.1) is 24.8 Å². The predicted octanol–water partition coefficient (Wildman–Crippen LogP) is 4.23. The van der Waals surface area contributed by atoms with Gasteiger partial charge in [0.2, 0.25) is 0 Å². The number of allylic oxidation sites excluding steroid dienone is 1. The molecule has 148 valence electrons. The molecular weight excluding hydrogens is 344 g/mol. The molecule has 0 radical (unpaired) electrons. The van der Waals surface area contributed by atoms with Crippen molar-refractivity contribution in [3.8, 4) is 5.75 Å². The van der Waals surface area contributed by atoms with E-state index in [1.165, 1.54) is 0 Å². The number of unbranched alkanes of at least 4 members (excludes halogenated alkanes) is 3. The molecule has 0 aliphatic carbocycles. The highest BCUT2D eigenvalue weighted by Gasteiger charge is 2.33. The molecule has 1 unspecified atom stereocenters. The lowest BCUT2D eigenvalue weighted by atomic mass is 9.95. The number of urea groups is 1. The first-order valence-electron chi connectivity index (χ1n) is 9.75. The van der Waals surface area contributed by atoms with Crippen LogP contribution in [0.1, 0.15) is 64.5 Å². The van der Waals surface area contributed by atoms with Gasteiger partial charge in [-0.3, -0.25) is 0 Å². The molecule has 2 rings (SSSR count). The third-order valence-electron chi connectivity index (χ3n) is 4.41. The Morgan fingerprint density at radius 2 is 1.85 bits per heavy atom. The minimum Gasteiger partial charge on any atom is -0.493 e. The third-order valence-corrected chi connectivity index (χ3v) is 4.41. The van der Waals surface area contributed by atoms with E-state index in [0.29, 0.717) is 30.2 Å². The van der Waals surface area contributed by atoms with Crippen molar-refractivity contribution < 1.29 is 19.1 Å². The van der Waals surface area contributed by atoms with Gasteiger partial charge in [-0.25, -0.2) is 9.59 Å². The Bertz CT molecular complexity index is 685. The van der Waals surface area contributed by atoms with Gasteiger partial charge in [0.1, 0.15) is 5.75 Å². The zero-order chi connectivity index (χ0) is 19.6. The maximum Gasteiger partial charge on any atom is 0.338 e. The number of amides is 2. The van der Waals surface area contributed by atoms with Gasteiger partial charge in [-0.05, 0) is 25.8 Å². The second kappa shape index (κ2) is 10.6. The van der Waals surface area contributed by atoms with E-state index in [2.05, 4.69) is 17.6 Å². The van der Waals surface area contributed by atoms with Crippen LogP contribution in [0, 0.1) is 0 Å². The van der Waals surface area contributed by atoms with E-state index in [-0.39, 0.29) is 6.03 Å². The minimum atomic E-state index is -0.602. The van der Waals surface area contributed by atoms with Crippen LogP contribution in [0.4, 0.5) is 4.79 Å². The number of hydrogen-bond donors (Lipinski definition) is 2. The van der Waals surface area contributed by atoms with E-state index in [1.807, 2.05) is 31.2 Å². The second-order valence-corrected chi connectivity index (χ2v) is 6.65. The van der Waals surface area contributed by atoms with Crippen molar-refractivity contribution in [2.45, 2.75) is 58.9 Å². The molecule has 0 bridgehead atoms. The fourth-order valence-electron chi connectivity index (χ4n) is 3.03. The van der Waals surface area contributed by atoms with Gasteiger partial charge in [0.25, 0.3) is 0 Å². The van der Waals surface area contributed by atoms with Crippen molar-refractivity contribution in [3.05, 3.63) is 41.1 Å². The van der Waals surface area contributed by atoms with Gasteiger partial charge in [-0.2, -0.15) is 0 Å². The maximum absolute atomic E-state index is 12.7. The van der Waals surface area contributed by atoms with Crippen LogP contribution in [0.5, 0.6) is 5.75 Å². The van der Waals surface area contributed by atoms with Crippen molar-refractivity contribution >= 4 is 12.0 Å². The Morgan fingerprint density at radius 1 is 1.07 bits per heavy atom. The molecule has 2 amide bonds. The molecule has 0 aromatic heterocycles. The zero-order valence-electron chi connectivity index (χ0n) is 16.5. The summed E-state index contributed by atoms with van der Waals surface area (Å²) in [5, 5.41) is 5.50. The van der Waals surface area contributed by atoms with Gasteiger partial charge in [-0.15, -0.1) is 0 Å². The van der Waals surface area contributed by atoms with Gasteiger partial charge < -0.3 is 20.1 Å². The molecule has 2 N–H and O–H groups in total. The van der Waals surface area contributed by atoms with E-state index < -0.39 is 12.0 Å². The number of carbonyl (C=O) groups is 2. The van der Waals surface area contributed by atoms with Crippen LogP contribution in [0.2, 0.25) is 0 Å². The van der Waals surface area contributed by atoms with E-state index in [9.17, 15) is 9.59 Å². The Kier molecular flexibility index (Phi) is 8.17. The average Bonchev–Trinajstić information content (AvgIpc) is 2.65. The lowest BCUT2D eigenvalue weighted by molar-refractivity contribution is -0.139. The van der Waals surface area contributed by atoms with E-state index in [1.54, 1.807) is 6.92 Å². The maximum atomic E-state index is 12.7. The molecule has 0 spiro atoms. The first-order valence-corrected chi connectivity index (χ1v) is 9.75. The third kappa shape index (κ3) is 5.74. The lowest BCUT2D eigenvalue weighted by Crippen LogP contribution is -2.45. The molecular formula is C21H30N2O4. The van der Waals surface area contributed by atoms with Crippen LogP contribution >= 0.6 is 0 Å². The van der Waals surface area contributed by atoms with E-state index >= 15 is 0 Å². The Hall–Kier alpha value is -2.50. The van der Waals surface area contributed by atoms with E-state index in [4.69, 9.17) is 9.47 Å². The molecule has 0 saturated heterocycles. The number of ether oxygens (including phenoxy) is 2. The predicted molar refractivity (Wildman–Crippen MR) is 104 cm³/mol. The van der Waals surface area contributed by atoms with Crippen LogP contribution in [0.25, 0.3) is 0 Å². The highest BCUT2D eigenvalue weighted by atomic mass is 16.5. The molecule has 1 aliphatic rings. The lowest BCUT2D eigenvalue weighted by Gasteiger charge is -2.29. The molecule has 1 atom stereocenters. The summed E-state index contributed by atoms with van der Waals surface area (Å²) >= 11 is 0. The molecule has 0 fully saturated rings. The highest BCUT2D eigenvalue weighted by Crippen LogP contribution is 2.33. The summed E-state index contributed by atoms with van der Waals surface area (Å²) in [6.07, 6.45) is 5.00. The molecule has 6 heteroatoms. The van der Waals surface area contributed by atoms with Crippen molar-refractivity contribution in [1.29, 1.82) is 0 Å². The summed E-state index contributed by atoms with van der Waals surface area (Å²) in [6, 6.07) is 6.51. The first kappa shape index (κ1) is 20.8. The van der Waals surface area contributed by atoms with Gasteiger partial charge in [0, 0.05) is 11.3 Å². The fraction of sp³-hybridized carbons (Fsp3) is 0.524. The summed E-state index contributed by atoms with van der Waals surface area (Å²) in [5.74, 6) is 0.249. The number of carbonyl (C=O) groups excluding carboxylic acids is 2. The van der Waals surface area contributed by atoms with Crippen LogP contribution in [-0.4, -0.2) is 25.2 Å². The highest BCUT2D eigenvalue weighted by molar-refractivity contribution is 5.95. The molecule has 1 aromatic carbocycles. The first-order chi connectivity index (χ1) is 13.1. The van der Waals surface area contributed by atoms with Crippen molar-refractivity contribution in [3.63, 3.8) is 0 Å². The molecule has 1 aliphatic heterocycles. The molecule has 1 heterocycles. The van der Waals surface area contributed by atoms with E-state index in [0.717, 1.165) is 37.7 Å². The average molecular weight is 374 g/mol. The van der Waals surface area contributed by atoms with Crippen LogP contribution in [0.3, 0.4) is 0 Å². The Labute approximate surface area is 161 Å². The van der Waals surface area contributed by atoms with Crippen LogP contribution < -0.4 is 15.4 Å². The van der Waals surface area contributed by atoms with Crippen molar-refractivity contribution in [2.24, 2.45) is 0 Å². The molecule has 27 heavy (non-hydrogen) atoms. The SMILES string of the molecule is CCCCCCOC(=O)C1=C(C)NC(=O)NC1c1ccccc1OCCC. The topological polar surface area (TPSA) is 76.7 Å². The van der Waals surface area contributed by atoms with Gasteiger partial charge >= 0.3 is 12.0 Å². The Balaban J connectivity index is 2.22. The van der Waals surface area contributed by atoms with Crippen LogP contribution in [-0.2, 0) is 9.53 Å². The number of rotatable bonds is 10. The standard InChI is InChI=1S/C21H30N2O4/c1-4-6-7-10-14-27-20(24)18-15(3)22-21(25)23-19(18)16-11-8-9-12-17(16)26-13-5-2/h8-9,11-12,19H,4-7,10,13-14H2,1-3H3,(H2,22,23,25). The quantitative estimate of drug-likeness (QED) is 0.475. The van der Waals surface area contributed by atoms with Gasteiger partial charge in [0.15, 0.2) is 0 Å². The van der Waals surface area contributed by atoms with Gasteiger partial charge in [-0.1, -0.05) is 51.3 Å².